The highest BCUT2D eigenvalue weighted by molar-refractivity contribution is 5.95. The Kier molecular flexibility index (Phi) is 5.99. The van der Waals surface area contributed by atoms with Gasteiger partial charge in [0.15, 0.2) is 6.61 Å². The van der Waals surface area contributed by atoms with Gasteiger partial charge in [0.2, 0.25) is 0 Å². The largest absolute Gasteiger partial charge is 0.484 e. The number of anilines is 1. The Labute approximate surface area is 195 Å². The van der Waals surface area contributed by atoms with Crippen LogP contribution in [0.15, 0.2) is 97.2 Å². The van der Waals surface area contributed by atoms with Crippen LogP contribution in [-0.2, 0) is 11.3 Å². The lowest BCUT2D eigenvalue weighted by molar-refractivity contribution is -0.118. The summed E-state index contributed by atoms with van der Waals surface area (Å²) in [5, 5.41) is 13.3. The molecule has 0 saturated heterocycles. The van der Waals surface area contributed by atoms with Gasteiger partial charge in [-0.15, -0.1) is 5.10 Å². The number of carbonyl (C=O) groups excluding carboxylic acids is 1. The monoisotopic (exact) mass is 452 g/mol. The molecule has 0 unspecified atom stereocenters. The van der Waals surface area contributed by atoms with Gasteiger partial charge >= 0.3 is 0 Å². The van der Waals surface area contributed by atoms with E-state index in [1.54, 1.807) is 29.1 Å². The average molecular weight is 452 g/mol. The Hall–Kier alpha value is -4.52. The van der Waals surface area contributed by atoms with Crippen molar-refractivity contribution in [1.29, 1.82) is 0 Å². The summed E-state index contributed by atoms with van der Waals surface area (Å²) in [7, 11) is 0. The highest BCUT2D eigenvalue weighted by Crippen LogP contribution is 2.21. The molecule has 0 radical (unpaired) electrons. The predicted molar refractivity (Wildman–Crippen MR) is 129 cm³/mol. The van der Waals surface area contributed by atoms with E-state index >= 15 is 0 Å². The molecule has 1 aromatic heterocycles. The first-order chi connectivity index (χ1) is 16.6. The van der Waals surface area contributed by atoms with Gasteiger partial charge in [0.25, 0.3) is 5.91 Å². The van der Waals surface area contributed by atoms with Crippen LogP contribution in [0.5, 0.6) is 5.75 Å². The SMILES string of the molecule is O=C(COc1ccc(-c2cn(Cc3cccc(F)c3)nn2)cc1)Nc1ccc2ccccc2c1. The maximum atomic E-state index is 13.4. The summed E-state index contributed by atoms with van der Waals surface area (Å²) in [6.07, 6.45) is 1.80. The van der Waals surface area contributed by atoms with E-state index < -0.39 is 0 Å². The standard InChI is InChI=1S/C27H21FN4O2/c28-23-7-3-4-19(14-23)16-32-17-26(30-31-32)21-9-12-25(13-10-21)34-18-27(33)29-24-11-8-20-5-1-2-6-22(20)15-24/h1-15,17H,16,18H2,(H,29,33). The molecule has 0 aliphatic carbocycles. The van der Waals surface area contributed by atoms with Gasteiger partial charge in [0.05, 0.1) is 12.7 Å². The zero-order valence-electron chi connectivity index (χ0n) is 18.2. The summed E-state index contributed by atoms with van der Waals surface area (Å²) in [5.41, 5.74) is 3.08. The van der Waals surface area contributed by atoms with E-state index in [2.05, 4.69) is 15.6 Å². The number of ether oxygens (including phenoxy) is 1. The highest BCUT2D eigenvalue weighted by Gasteiger charge is 2.08. The Morgan fingerprint density at radius 1 is 0.912 bits per heavy atom. The van der Waals surface area contributed by atoms with Crippen LogP contribution in [0.1, 0.15) is 5.56 Å². The summed E-state index contributed by atoms with van der Waals surface area (Å²) in [5.74, 6) is 0.0589. The molecule has 4 aromatic carbocycles. The molecule has 1 amide bonds. The van der Waals surface area contributed by atoms with Crippen LogP contribution in [0, 0.1) is 5.82 Å². The van der Waals surface area contributed by atoms with Crippen LogP contribution in [0.3, 0.4) is 0 Å². The molecule has 5 rings (SSSR count). The second-order valence-corrected chi connectivity index (χ2v) is 7.85. The highest BCUT2D eigenvalue weighted by atomic mass is 19.1. The van der Waals surface area contributed by atoms with E-state index in [0.29, 0.717) is 18.0 Å². The van der Waals surface area contributed by atoms with Gasteiger partial charge in [-0.2, -0.15) is 0 Å². The second kappa shape index (κ2) is 9.54. The van der Waals surface area contributed by atoms with Crippen LogP contribution in [0.2, 0.25) is 0 Å². The maximum absolute atomic E-state index is 13.4. The fourth-order valence-corrected chi connectivity index (χ4v) is 3.67. The van der Waals surface area contributed by atoms with Crippen LogP contribution in [0.4, 0.5) is 10.1 Å². The van der Waals surface area contributed by atoms with Gasteiger partial charge < -0.3 is 10.1 Å². The number of nitrogens with zero attached hydrogens (tertiary/aromatic N) is 3. The first-order valence-electron chi connectivity index (χ1n) is 10.8. The van der Waals surface area contributed by atoms with E-state index in [0.717, 1.165) is 27.6 Å². The number of hydrogen-bond acceptors (Lipinski definition) is 4. The van der Waals surface area contributed by atoms with Crippen LogP contribution < -0.4 is 10.1 Å². The molecule has 0 aliphatic rings. The smallest absolute Gasteiger partial charge is 0.262 e. The third kappa shape index (κ3) is 5.10. The van der Waals surface area contributed by atoms with Crippen molar-refractivity contribution in [2.45, 2.75) is 6.54 Å². The van der Waals surface area contributed by atoms with Gasteiger partial charge in [-0.3, -0.25) is 4.79 Å². The minimum atomic E-state index is -0.278. The van der Waals surface area contributed by atoms with E-state index in [1.807, 2.05) is 60.7 Å². The number of rotatable bonds is 7. The number of benzene rings is 4. The van der Waals surface area contributed by atoms with Crippen molar-refractivity contribution in [2.24, 2.45) is 0 Å². The molecule has 0 atom stereocenters. The van der Waals surface area contributed by atoms with E-state index in [9.17, 15) is 9.18 Å². The fraction of sp³-hybridized carbons (Fsp3) is 0.0741. The molecule has 0 spiro atoms. The molecule has 0 saturated carbocycles. The molecular formula is C27H21FN4O2. The van der Waals surface area contributed by atoms with E-state index in [4.69, 9.17) is 4.74 Å². The zero-order chi connectivity index (χ0) is 23.3. The lowest BCUT2D eigenvalue weighted by atomic mass is 10.1. The topological polar surface area (TPSA) is 69.0 Å². The van der Waals surface area contributed by atoms with Crippen molar-refractivity contribution in [3.05, 3.63) is 109 Å². The third-order valence-electron chi connectivity index (χ3n) is 5.33. The Bertz CT molecular complexity index is 1450. The number of halogens is 1. The minimum Gasteiger partial charge on any atom is -0.484 e. The van der Waals surface area contributed by atoms with Crippen molar-refractivity contribution in [3.8, 4) is 17.0 Å². The summed E-state index contributed by atoms with van der Waals surface area (Å²) in [6, 6.07) is 27.4. The van der Waals surface area contributed by atoms with E-state index in [1.165, 1.54) is 12.1 Å². The second-order valence-electron chi connectivity index (χ2n) is 7.85. The van der Waals surface area contributed by atoms with Crippen molar-refractivity contribution >= 4 is 22.4 Å². The lowest BCUT2D eigenvalue weighted by Gasteiger charge is -2.09. The minimum absolute atomic E-state index is 0.101. The Morgan fingerprint density at radius 3 is 2.56 bits per heavy atom. The van der Waals surface area contributed by atoms with Crippen molar-refractivity contribution < 1.29 is 13.9 Å². The van der Waals surface area contributed by atoms with Gasteiger partial charge in [-0.05, 0) is 64.9 Å². The van der Waals surface area contributed by atoms with Crippen molar-refractivity contribution in [2.75, 3.05) is 11.9 Å². The van der Waals surface area contributed by atoms with Crippen molar-refractivity contribution in [1.82, 2.24) is 15.0 Å². The van der Waals surface area contributed by atoms with Gasteiger partial charge in [-0.25, -0.2) is 9.07 Å². The summed E-state index contributed by atoms with van der Waals surface area (Å²) >= 11 is 0. The lowest BCUT2D eigenvalue weighted by Crippen LogP contribution is -2.20. The third-order valence-corrected chi connectivity index (χ3v) is 5.33. The average Bonchev–Trinajstić information content (AvgIpc) is 3.31. The number of aromatic nitrogens is 3. The summed E-state index contributed by atoms with van der Waals surface area (Å²) in [6.45, 7) is 0.328. The number of hydrogen-bond donors (Lipinski definition) is 1. The molecular weight excluding hydrogens is 431 g/mol. The van der Waals surface area contributed by atoms with Crippen LogP contribution >= 0.6 is 0 Å². The molecule has 34 heavy (non-hydrogen) atoms. The van der Waals surface area contributed by atoms with Gasteiger partial charge in [-0.1, -0.05) is 47.7 Å². The Balaban J connectivity index is 1.16. The number of nitrogens with one attached hydrogen (secondary N) is 1. The number of carbonyl (C=O) groups is 1. The Morgan fingerprint density at radius 2 is 1.74 bits per heavy atom. The fourth-order valence-electron chi connectivity index (χ4n) is 3.67. The van der Waals surface area contributed by atoms with Crippen LogP contribution in [-0.4, -0.2) is 27.5 Å². The summed E-state index contributed by atoms with van der Waals surface area (Å²) < 4.78 is 20.7. The predicted octanol–water partition coefficient (Wildman–Crippen LogP) is 5.30. The van der Waals surface area contributed by atoms with E-state index in [-0.39, 0.29) is 18.3 Å². The zero-order valence-corrected chi connectivity index (χ0v) is 18.2. The quantitative estimate of drug-likeness (QED) is 0.364. The van der Waals surface area contributed by atoms with Crippen LogP contribution in [0.25, 0.3) is 22.0 Å². The first-order valence-corrected chi connectivity index (χ1v) is 10.8. The van der Waals surface area contributed by atoms with Crippen molar-refractivity contribution in [3.63, 3.8) is 0 Å². The molecule has 0 bridgehead atoms. The maximum Gasteiger partial charge on any atom is 0.262 e. The molecule has 6 nitrogen and oxygen atoms in total. The number of amides is 1. The summed E-state index contributed by atoms with van der Waals surface area (Å²) in [4.78, 5) is 12.3. The first kappa shape index (κ1) is 21.3. The van der Waals surface area contributed by atoms with Gasteiger partial charge in [0.1, 0.15) is 17.3 Å². The van der Waals surface area contributed by atoms with Gasteiger partial charge in [0, 0.05) is 11.3 Å². The molecule has 168 valence electrons. The normalized spacial score (nSPS) is 10.9. The number of fused-ring (bicyclic) bond motifs is 1. The molecule has 1 heterocycles. The molecule has 1 N–H and O–H groups in total. The molecule has 0 fully saturated rings. The molecule has 5 aromatic rings. The molecule has 7 heteroatoms. The molecule has 0 aliphatic heterocycles.